The Morgan fingerprint density at radius 1 is 1.12 bits per heavy atom. The molecule has 1 N–H and O–H groups in total. The number of benzene rings is 2. The number of carbonyl (C=O) groups is 1. The van der Waals surface area contributed by atoms with Crippen LogP contribution in [0.25, 0.3) is 0 Å². The second kappa shape index (κ2) is 11.7. The van der Waals surface area contributed by atoms with Gasteiger partial charge in [0.15, 0.2) is 5.69 Å². The van der Waals surface area contributed by atoms with Crippen LogP contribution in [0.1, 0.15) is 40.3 Å². The van der Waals surface area contributed by atoms with E-state index in [4.69, 9.17) is 18.6 Å². The van der Waals surface area contributed by atoms with Gasteiger partial charge in [-0.25, -0.2) is 4.98 Å². The number of nitrogens with one attached hydrogen (secondary N) is 1. The highest BCUT2D eigenvalue weighted by Crippen LogP contribution is 2.26. The monoisotopic (exact) mass is 465 g/mol. The molecule has 1 amide bonds. The average molecular weight is 466 g/mol. The average Bonchev–Trinajstić information content (AvgIpc) is 3.55. The van der Waals surface area contributed by atoms with Gasteiger partial charge in [-0.1, -0.05) is 30.3 Å². The van der Waals surface area contributed by atoms with Crippen molar-refractivity contribution in [1.82, 2.24) is 15.2 Å². The smallest absolute Gasteiger partial charge is 0.273 e. The quantitative estimate of drug-likeness (QED) is 0.461. The predicted molar refractivity (Wildman–Crippen MR) is 127 cm³/mol. The Hall–Kier alpha value is -3.36. The molecule has 2 aromatic carbocycles. The lowest BCUT2D eigenvalue weighted by Crippen LogP contribution is -2.32. The fourth-order valence-electron chi connectivity index (χ4n) is 4.04. The van der Waals surface area contributed by atoms with E-state index >= 15 is 0 Å². The number of hydrogen-bond donors (Lipinski definition) is 1. The van der Waals surface area contributed by atoms with Gasteiger partial charge in [-0.3, -0.25) is 9.69 Å². The number of amides is 1. The first-order valence-electron chi connectivity index (χ1n) is 11.5. The molecular weight excluding hydrogens is 434 g/mol. The number of nitrogens with zero attached hydrogens (tertiary/aromatic N) is 2. The molecule has 0 spiro atoms. The van der Waals surface area contributed by atoms with Crippen LogP contribution in [0.4, 0.5) is 0 Å². The Labute approximate surface area is 199 Å². The largest absolute Gasteiger partial charge is 0.497 e. The van der Waals surface area contributed by atoms with Crippen LogP contribution >= 0.6 is 0 Å². The third-order valence-corrected chi connectivity index (χ3v) is 5.79. The molecule has 1 saturated heterocycles. The summed E-state index contributed by atoms with van der Waals surface area (Å²) >= 11 is 0. The minimum absolute atomic E-state index is 0.0783. The van der Waals surface area contributed by atoms with E-state index in [9.17, 15) is 4.79 Å². The molecule has 0 saturated carbocycles. The second-order valence-electron chi connectivity index (χ2n) is 8.28. The maximum Gasteiger partial charge on any atom is 0.273 e. The Kier molecular flexibility index (Phi) is 8.17. The molecule has 1 fully saturated rings. The summed E-state index contributed by atoms with van der Waals surface area (Å²) in [7, 11) is 3.30. The SMILES string of the molecule is COc1ccc(OC)c(CN(Cc2ccccc2)Cc2nc(C(=O)NCC3CCCO3)co2)c1. The molecule has 3 aromatic rings. The van der Waals surface area contributed by atoms with Gasteiger partial charge in [0.2, 0.25) is 5.89 Å². The van der Waals surface area contributed by atoms with Crippen molar-refractivity contribution in [3.63, 3.8) is 0 Å². The minimum atomic E-state index is -0.255. The summed E-state index contributed by atoms with van der Waals surface area (Å²) in [5.74, 6) is 1.76. The first kappa shape index (κ1) is 23.8. The molecule has 180 valence electrons. The number of ether oxygens (including phenoxy) is 3. The van der Waals surface area contributed by atoms with Crippen molar-refractivity contribution in [1.29, 1.82) is 0 Å². The number of carbonyl (C=O) groups excluding carboxylic acids is 1. The molecule has 1 aliphatic heterocycles. The van der Waals surface area contributed by atoms with Crippen molar-refractivity contribution < 1.29 is 23.4 Å². The molecule has 1 atom stereocenters. The maximum absolute atomic E-state index is 12.5. The number of hydrogen-bond acceptors (Lipinski definition) is 7. The van der Waals surface area contributed by atoms with Crippen LogP contribution in [0.3, 0.4) is 0 Å². The van der Waals surface area contributed by atoms with Crippen molar-refractivity contribution in [2.75, 3.05) is 27.4 Å². The van der Waals surface area contributed by atoms with Crippen LogP contribution in [0.15, 0.2) is 59.2 Å². The van der Waals surface area contributed by atoms with Gasteiger partial charge in [0.25, 0.3) is 5.91 Å². The van der Waals surface area contributed by atoms with E-state index in [1.54, 1.807) is 14.2 Å². The zero-order chi connectivity index (χ0) is 23.8. The van der Waals surface area contributed by atoms with E-state index in [0.717, 1.165) is 42.1 Å². The molecule has 1 aromatic heterocycles. The summed E-state index contributed by atoms with van der Waals surface area (Å²) in [6, 6.07) is 15.9. The van der Waals surface area contributed by atoms with E-state index in [1.165, 1.54) is 6.26 Å². The number of rotatable bonds is 11. The van der Waals surface area contributed by atoms with Crippen molar-refractivity contribution in [3.8, 4) is 11.5 Å². The van der Waals surface area contributed by atoms with Crippen LogP contribution in [0.2, 0.25) is 0 Å². The maximum atomic E-state index is 12.5. The van der Waals surface area contributed by atoms with Crippen LogP contribution in [0, 0.1) is 0 Å². The lowest BCUT2D eigenvalue weighted by Gasteiger charge is -2.22. The lowest BCUT2D eigenvalue weighted by molar-refractivity contribution is 0.0853. The fraction of sp³-hybridized carbons (Fsp3) is 0.385. The second-order valence-corrected chi connectivity index (χ2v) is 8.28. The highest BCUT2D eigenvalue weighted by atomic mass is 16.5. The molecule has 0 aliphatic carbocycles. The summed E-state index contributed by atoms with van der Waals surface area (Å²) in [6.45, 7) is 2.91. The van der Waals surface area contributed by atoms with E-state index in [2.05, 4.69) is 27.3 Å². The third kappa shape index (κ3) is 6.36. The summed E-state index contributed by atoms with van der Waals surface area (Å²) in [5, 5.41) is 2.88. The highest BCUT2D eigenvalue weighted by molar-refractivity contribution is 5.91. The van der Waals surface area contributed by atoms with Gasteiger partial charge in [-0.05, 0) is 36.6 Å². The first-order chi connectivity index (χ1) is 16.6. The predicted octanol–water partition coefficient (Wildman–Crippen LogP) is 3.80. The van der Waals surface area contributed by atoms with Gasteiger partial charge < -0.3 is 23.9 Å². The van der Waals surface area contributed by atoms with Gasteiger partial charge >= 0.3 is 0 Å². The minimum Gasteiger partial charge on any atom is -0.497 e. The molecule has 0 bridgehead atoms. The Bertz CT molecular complexity index is 1060. The first-order valence-corrected chi connectivity index (χ1v) is 11.5. The third-order valence-electron chi connectivity index (χ3n) is 5.79. The molecular formula is C26H31N3O5. The molecule has 0 radical (unpaired) electrons. The topological polar surface area (TPSA) is 86.1 Å². The zero-order valence-electron chi connectivity index (χ0n) is 19.7. The molecule has 8 heteroatoms. The Morgan fingerprint density at radius 2 is 1.97 bits per heavy atom. The van der Waals surface area contributed by atoms with Gasteiger partial charge in [-0.2, -0.15) is 0 Å². The van der Waals surface area contributed by atoms with E-state index in [0.29, 0.717) is 32.1 Å². The molecule has 34 heavy (non-hydrogen) atoms. The van der Waals surface area contributed by atoms with Gasteiger partial charge in [-0.15, -0.1) is 0 Å². The van der Waals surface area contributed by atoms with Crippen LogP contribution in [-0.2, 0) is 24.4 Å². The van der Waals surface area contributed by atoms with Crippen LogP contribution in [-0.4, -0.2) is 49.3 Å². The van der Waals surface area contributed by atoms with Crippen LogP contribution < -0.4 is 14.8 Å². The Balaban J connectivity index is 1.47. The van der Waals surface area contributed by atoms with Gasteiger partial charge in [0, 0.05) is 31.8 Å². The summed E-state index contributed by atoms with van der Waals surface area (Å²) in [6.07, 6.45) is 3.48. The van der Waals surface area contributed by atoms with Gasteiger partial charge in [0.05, 0.1) is 26.9 Å². The van der Waals surface area contributed by atoms with Crippen LogP contribution in [0.5, 0.6) is 11.5 Å². The fourth-order valence-corrected chi connectivity index (χ4v) is 4.04. The normalized spacial score (nSPS) is 15.4. The van der Waals surface area contributed by atoms with Crippen molar-refractivity contribution in [2.24, 2.45) is 0 Å². The Morgan fingerprint density at radius 3 is 2.71 bits per heavy atom. The van der Waals surface area contributed by atoms with Crippen molar-refractivity contribution >= 4 is 5.91 Å². The van der Waals surface area contributed by atoms with Crippen molar-refractivity contribution in [2.45, 2.75) is 38.6 Å². The lowest BCUT2D eigenvalue weighted by atomic mass is 10.1. The zero-order valence-corrected chi connectivity index (χ0v) is 19.7. The highest BCUT2D eigenvalue weighted by Gasteiger charge is 2.20. The molecule has 8 nitrogen and oxygen atoms in total. The van der Waals surface area contributed by atoms with Crippen molar-refractivity contribution in [3.05, 3.63) is 77.5 Å². The summed E-state index contributed by atoms with van der Waals surface area (Å²) in [4.78, 5) is 19.1. The molecule has 4 rings (SSSR count). The number of methoxy groups -OCH3 is 2. The van der Waals surface area contributed by atoms with E-state index < -0.39 is 0 Å². The number of aromatic nitrogens is 1. The van der Waals surface area contributed by atoms with E-state index in [-0.39, 0.29) is 17.7 Å². The van der Waals surface area contributed by atoms with Gasteiger partial charge in [0.1, 0.15) is 17.8 Å². The molecule has 2 heterocycles. The summed E-state index contributed by atoms with van der Waals surface area (Å²) < 4.78 is 22.2. The summed E-state index contributed by atoms with van der Waals surface area (Å²) in [5.41, 5.74) is 2.41. The molecule has 1 unspecified atom stereocenters. The standard InChI is InChI=1S/C26H31N3O5/c1-31-21-10-11-24(32-2)20(13-21)16-29(15-19-7-4-3-5-8-19)17-25-28-23(18-34-25)26(30)27-14-22-9-6-12-33-22/h3-5,7-8,10-11,13,18,22H,6,9,12,14-17H2,1-2H3,(H,27,30). The number of oxazole rings is 1. The molecule has 1 aliphatic rings. The van der Waals surface area contributed by atoms with E-state index in [1.807, 2.05) is 36.4 Å².